The average molecular weight is 227 g/mol. The first-order valence-electron chi connectivity index (χ1n) is 3.49. The first kappa shape index (κ1) is 10.9. The van der Waals surface area contributed by atoms with E-state index in [1.807, 2.05) is 18.2 Å². The monoisotopic (exact) mass is 226 g/mol. The van der Waals surface area contributed by atoms with Crippen molar-refractivity contribution in [1.29, 1.82) is 0 Å². The Kier molecular flexibility index (Phi) is 4.67. The molecule has 0 aromatic heterocycles. The van der Waals surface area contributed by atoms with Gasteiger partial charge in [0.2, 0.25) is 0 Å². The maximum atomic E-state index is 9.28. The molecule has 1 aromatic rings. The molecule has 11 heavy (non-hydrogen) atoms. The van der Waals surface area contributed by atoms with Crippen LogP contribution in [0.1, 0.15) is 25.3 Å². The first-order chi connectivity index (χ1) is 4.72. The number of benzene rings is 1. The first-order valence-corrected chi connectivity index (χ1v) is 3.49. The summed E-state index contributed by atoms with van der Waals surface area (Å²) in [5.74, 6) is 0.804. The van der Waals surface area contributed by atoms with Crippen LogP contribution in [-0.4, -0.2) is 5.11 Å². The summed E-state index contributed by atoms with van der Waals surface area (Å²) >= 11 is 0. The van der Waals surface area contributed by atoms with E-state index in [0.717, 1.165) is 5.56 Å². The number of hydrogen-bond donors (Lipinski definition) is 1. The third-order valence-corrected chi connectivity index (χ3v) is 1.56. The van der Waals surface area contributed by atoms with Gasteiger partial charge in [-0.3, -0.25) is 0 Å². The van der Waals surface area contributed by atoms with Crippen LogP contribution in [0.5, 0.6) is 5.75 Å². The molecule has 0 atom stereocenters. The fraction of sp³-hybridized carbons (Fsp3) is 0.333. The standard InChI is InChI=1S/C9H12O.Zr/c1-7(2)8-5-3-4-6-9(8)10;/h3-7,10H,1-2H3;. The number of aromatic hydroxyl groups is 1. The van der Waals surface area contributed by atoms with Gasteiger partial charge in [-0.1, -0.05) is 32.0 Å². The van der Waals surface area contributed by atoms with E-state index in [0.29, 0.717) is 11.7 Å². The van der Waals surface area contributed by atoms with Gasteiger partial charge in [0.15, 0.2) is 0 Å². The van der Waals surface area contributed by atoms with Crippen LogP contribution in [0, 0.1) is 0 Å². The van der Waals surface area contributed by atoms with Gasteiger partial charge in [-0.25, -0.2) is 0 Å². The van der Waals surface area contributed by atoms with Crippen LogP contribution < -0.4 is 0 Å². The van der Waals surface area contributed by atoms with Gasteiger partial charge in [-0.05, 0) is 17.5 Å². The van der Waals surface area contributed by atoms with Gasteiger partial charge in [0.1, 0.15) is 5.75 Å². The molecular formula is C9H12OZr. The Hall–Kier alpha value is -0.0969. The van der Waals surface area contributed by atoms with Crippen LogP contribution >= 0.6 is 0 Å². The summed E-state index contributed by atoms with van der Waals surface area (Å²) < 4.78 is 0. The summed E-state index contributed by atoms with van der Waals surface area (Å²) in [4.78, 5) is 0. The van der Waals surface area contributed by atoms with E-state index < -0.39 is 0 Å². The molecule has 0 radical (unpaired) electrons. The normalized spacial score (nSPS) is 9.36. The number of phenols is 1. The Balaban J connectivity index is 0.000001000. The maximum absolute atomic E-state index is 9.28. The van der Waals surface area contributed by atoms with Crippen molar-refractivity contribution in [2.45, 2.75) is 19.8 Å². The van der Waals surface area contributed by atoms with Crippen molar-refractivity contribution >= 4 is 0 Å². The van der Waals surface area contributed by atoms with Crippen LogP contribution in [0.15, 0.2) is 24.3 Å². The second-order valence-corrected chi connectivity index (χ2v) is 2.71. The molecule has 0 spiro atoms. The molecule has 58 valence electrons. The predicted octanol–water partition coefficient (Wildman–Crippen LogP) is 2.51. The predicted molar refractivity (Wildman–Crippen MR) is 42.2 cm³/mol. The molecule has 0 unspecified atom stereocenters. The van der Waals surface area contributed by atoms with E-state index in [9.17, 15) is 5.11 Å². The van der Waals surface area contributed by atoms with E-state index in [2.05, 4.69) is 13.8 Å². The van der Waals surface area contributed by atoms with Gasteiger partial charge in [-0.15, -0.1) is 0 Å². The molecule has 0 fully saturated rings. The summed E-state index contributed by atoms with van der Waals surface area (Å²) in [6.07, 6.45) is 0. The molecule has 0 bridgehead atoms. The van der Waals surface area contributed by atoms with E-state index in [1.165, 1.54) is 0 Å². The largest absolute Gasteiger partial charge is 0.508 e. The summed E-state index contributed by atoms with van der Waals surface area (Å²) in [5, 5.41) is 9.28. The van der Waals surface area contributed by atoms with E-state index in [-0.39, 0.29) is 26.2 Å². The third-order valence-electron chi connectivity index (χ3n) is 1.56. The Morgan fingerprint density at radius 1 is 1.18 bits per heavy atom. The molecule has 0 heterocycles. The second-order valence-electron chi connectivity index (χ2n) is 2.71. The van der Waals surface area contributed by atoms with Crippen LogP contribution in [0.25, 0.3) is 0 Å². The maximum Gasteiger partial charge on any atom is 0.119 e. The Morgan fingerprint density at radius 3 is 2.09 bits per heavy atom. The molecule has 0 aliphatic rings. The van der Waals surface area contributed by atoms with E-state index >= 15 is 0 Å². The summed E-state index contributed by atoms with van der Waals surface area (Å²) in [6.45, 7) is 4.13. The Bertz CT molecular complexity index is 221. The molecule has 0 amide bonds. The molecule has 1 N–H and O–H groups in total. The van der Waals surface area contributed by atoms with Crippen molar-refractivity contribution < 1.29 is 31.3 Å². The van der Waals surface area contributed by atoms with Crippen molar-refractivity contribution in [3.05, 3.63) is 29.8 Å². The fourth-order valence-electron chi connectivity index (χ4n) is 0.976. The fourth-order valence-corrected chi connectivity index (χ4v) is 0.976. The van der Waals surface area contributed by atoms with Crippen molar-refractivity contribution in [3.8, 4) is 5.75 Å². The number of rotatable bonds is 1. The molecule has 2 heteroatoms. The average Bonchev–Trinajstić information content (AvgIpc) is 1.88. The molecule has 0 saturated carbocycles. The quantitative estimate of drug-likeness (QED) is 0.781. The molecule has 1 nitrogen and oxygen atoms in total. The SMILES string of the molecule is CC(C)c1ccccc1O.[Zr]. The van der Waals surface area contributed by atoms with Gasteiger partial charge in [-0.2, -0.15) is 0 Å². The van der Waals surface area contributed by atoms with Gasteiger partial charge in [0.05, 0.1) is 0 Å². The summed E-state index contributed by atoms with van der Waals surface area (Å²) in [5.41, 5.74) is 1.02. The smallest absolute Gasteiger partial charge is 0.119 e. The van der Waals surface area contributed by atoms with Gasteiger partial charge < -0.3 is 5.11 Å². The Labute approximate surface area is 86.6 Å². The molecular weight excluding hydrogens is 215 g/mol. The zero-order valence-electron chi connectivity index (χ0n) is 6.83. The number of phenolic OH excluding ortho intramolecular Hbond substituents is 1. The van der Waals surface area contributed by atoms with E-state index in [1.54, 1.807) is 6.07 Å². The van der Waals surface area contributed by atoms with Crippen LogP contribution in [0.2, 0.25) is 0 Å². The van der Waals surface area contributed by atoms with Crippen LogP contribution in [0.4, 0.5) is 0 Å². The molecule has 1 rings (SSSR count). The van der Waals surface area contributed by atoms with Crippen LogP contribution in [-0.2, 0) is 26.2 Å². The van der Waals surface area contributed by atoms with Crippen molar-refractivity contribution in [2.75, 3.05) is 0 Å². The molecule has 0 saturated heterocycles. The zero-order valence-corrected chi connectivity index (χ0v) is 9.29. The topological polar surface area (TPSA) is 20.2 Å². The molecule has 0 aliphatic heterocycles. The minimum Gasteiger partial charge on any atom is -0.508 e. The van der Waals surface area contributed by atoms with Crippen LogP contribution in [0.3, 0.4) is 0 Å². The summed E-state index contributed by atoms with van der Waals surface area (Å²) in [6, 6.07) is 7.44. The van der Waals surface area contributed by atoms with Crippen molar-refractivity contribution in [2.24, 2.45) is 0 Å². The van der Waals surface area contributed by atoms with E-state index in [4.69, 9.17) is 0 Å². The molecule has 1 aromatic carbocycles. The number of hydrogen-bond acceptors (Lipinski definition) is 1. The number of para-hydroxylation sites is 1. The van der Waals surface area contributed by atoms with Crippen molar-refractivity contribution in [3.63, 3.8) is 0 Å². The minimum atomic E-state index is 0. The molecule has 0 aliphatic carbocycles. The second kappa shape index (κ2) is 4.71. The van der Waals surface area contributed by atoms with Gasteiger partial charge in [0, 0.05) is 26.2 Å². The zero-order chi connectivity index (χ0) is 7.56. The Morgan fingerprint density at radius 2 is 1.73 bits per heavy atom. The van der Waals surface area contributed by atoms with Gasteiger partial charge >= 0.3 is 0 Å². The minimum absolute atomic E-state index is 0. The van der Waals surface area contributed by atoms with Crippen molar-refractivity contribution in [1.82, 2.24) is 0 Å². The van der Waals surface area contributed by atoms with Gasteiger partial charge in [0.25, 0.3) is 0 Å². The summed E-state index contributed by atoms with van der Waals surface area (Å²) in [7, 11) is 0. The third kappa shape index (κ3) is 2.78.